The van der Waals surface area contributed by atoms with E-state index in [0.717, 1.165) is 18.4 Å². The van der Waals surface area contributed by atoms with Crippen molar-refractivity contribution in [3.05, 3.63) is 18.0 Å². The summed E-state index contributed by atoms with van der Waals surface area (Å²) in [4.78, 5) is 2.50. The van der Waals surface area contributed by atoms with Gasteiger partial charge in [0.25, 0.3) is 0 Å². The summed E-state index contributed by atoms with van der Waals surface area (Å²) in [5, 5.41) is 5.86. The number of hydrogen-bond donors (Lipinski definition) is 0. The maximum absolute atomic E-state index is 4.79. The molecule has 0 spiro atoms. The number of hydrogen-bond acceptors (Lipinski definition) is 2. The number of nitrogens with zero attached hydrogens (tertiary/aromatic N) is 3. The summed E-state index contributed by atoms with van der Waals surface area (Å²) >= 11 is 3.51. The Kier molecular flexibility index (Phi) is 5.89. The smallest absolute Gasteiger partial charge is 0.0764 e. The Bertz CT molecular complexity index is 369. The van der Waals surface area contributed by atoms with Crippen LogP contribution in [0.1, 0.15) is 57.7 Å². The monoisotopic (exact) mass is 327 g/mol. The molecule has 1 aliphatic rings. The predicted molar refractivity (Wildman–Crippen MR) is 83.7 cm³/mol. The van der Waals surface area contributed by atoms with Gasteiger partial charge in [-0.1, -0.05) is 28.8 Å². The molecule has 1 aliphatic carbocycles. The summed E-state index contributed by atoms with van der Waals surface area (Å²) in [6, 6.07) is 3.43. The fourth-order valence-corrected chi connectivity index (χ4v) is 3.08. The van der Waals surface area contributed by atoms with E-state index in [9.17, 15) is 0 Å². The molecule has 0 saturated heterocycles. The van der Waals surface area contributed by atoms with Gasteiger partial charge >= 0.3 is 0 Å². The first kappa shape index (κ1) is 15.0. The normalized spacial score (nSPS) is 16.9. The first-order valence-corrected chi connectivity index (χ1v) is 8.67. The predicted octanol–water partition coefficient (Wildman–Crippen LogP) is 3.99. The Morgan fingerprint density at radius 3 is 2.79 bits per heavy atom. The number of aromatic nitrogens is 2. The van der Waals surface area contributed by atoms with E-state index in [1.54, 1.807) is 0 Å². The van der Waals surface area contributed by atoms with Crippen LogP contribution in [-0.2, 0) is 6.54 Å². The first-order valence-electron chi connectivity index (χ1n) is 7.54. The third kappa shape index (κ3) is 4.32. The molecule has 1 aromatic heterocycles. The summed E-state index contributed by atoms with van der Waals surface area (Å²) in [6.45, 7) is 6.65. The third-order valence-electron chi connectivity index (χ3n) is 4.04. The Morgan fingerprint density at radius 2 is 2.16 bits per heavy atom. The molecule has 19 heavy (non-hydrogen) atoms. The van der Waals surface area contributed by atoms with Crippen LogP contribution in [0.3, 0.4) is 0 Å². The Balaban J connectivity index is 1.93. The molecule has 3 nitrogen and oxygen atoms in total. The van der Waals surface area contributed by atoms with Crippen LogP contribution in [0.2, 0.25) is 0 Å². The lowest BCUT2D eigenvalue weighted by atomic mass is 10.2. The van der Waals surface area contributed by atoms with Crippen molar-refractivity contribution >= 4 is 15.9 Å². The third-order valence-corrected chi connectivity index (χ3v) is 4.60. The molecule has 1 saturated carbocycles. The van der Waals surface area contributed by atoms with Gasteiger partial charge in [-0.05, 0) is 45.7 Å². The largest absolute Gasteiger partial charge is 0.295 e. The highest BCUT2D eigenvalue weighted by Gasteiger charge is 2.18. The summed E-state index contributed by atoms with van der Waals surface area (Å²) < 4.78 is 2.20. The van der Waals surface area contributed by atoms with Crippen molar-refractivity contribution in [2.45, 2.75) is 64.6 Å². The molecule has 0 bridgehead atoms. The van der Waals surface area contributed by atoms with Gasteiger partial charge < -0.3 is 0 Å². The standard InChI is InChI=1S/C15H26BrN3/c1-13(2)18(10-5-9-16)12-14-8-11-19(17-14)15-6-3-4-7-15/h8,11,13,15H,3-7,9-10,12H2,1-2H3. The van der Waals surface area contributed by atoms with Crippen molar-refractivity contribution in [3.63, 3.8) is 0 Å². The van der Waals surface area contributed by atoms with E-state index in [1.807, 2.05) is 0 Å². The number of rotatable bonds is 7. The van der Waals surface area contributed by atoms with Crippen molar-refractivity contribution in [2.24, 2.45) is 0 Å². The minimum Gasteiger partial charge on any atom is -0.295 e. The lowest BCUT2D eigenvalue weighted by Gasteiger charge is -2.25. The van der Waals surface area contributed by atoms with Crippen LogP contribution in [0.5, 0.6) is 0 Å². The highest BCUT2D eigenvalue weighted by Crippen LogP contribution is 2.28. The zero-order valence-electron chi connectivity index (χ0n) is 12.2. The lowest BCUT2D eigenvalue weighted by Crippen LogP contribution is -2.31. The van der Waals surface area contributed by atoms with Gasteiger partial charge in [0.2, 0.25) is 0 Å². The van der Waals surface area contributed by atoms with Gasteiger partial charge in [-0.25, -0.2) is 0 Å². The zero-order chi connectivity index (χ0) is 13.7. The van der Waals surface area contributed by atoms with Crippen LogP contribution < -0.4 is 0 Å². The average molecular weight is 328 g/mol. The molecule has 0 atom stereocenters. The molecule has 0 radical (unpaired) electrons. The van der Waals surface area contributed by atoms with E-state index in [4.69, 9.17) is 5.10 Å². The van der Waals surface area contributed by atoms with Crippen LogP contribution in [-0.4, -0.2) is 32.6 Å². The maximum atomic E-state index is 4.79. The number of alkyl halides is 1. The van der Waals surface area contributed by atoms with Gasteiger partial charge in [-0.15, -0.1) is 0 Å². The molecule has 0 amide bonds. The molecule has 2 rings (SSSR count). The van der Waals surface area contributed by atoms with E-state index >= 15 is 0 Å². The zero-order valence-corrected chi connectivity index (χ0v) is 13.8. The fourth-order valence-electron chi connectivity index (χ4n) is 2.82. The summed E-state index contributed by atoms with van der Waals surface area (Å²) in [5.74, 6) is 0. The molecule has 108 valence electrons. The van der Waals surface area contributed by atoms with Crippen LogP contribution in [0.15, 0.2) is 12.3 Å². The van der Waals surface area contributed by atoms with Crippen LogP contribution in [0.4, 0.5) is 0 Å². The SMILES string of the molecule is CC(C)N(CCCBr)Cc1ccn(C2CCCC2)n1. The molecule has 1 heterocycles. The fraction of sp³-hybridized carbons (Fsp3) is 0.800. The van der Waals surface area contributed by atoms with Crippen molar-refractivity contribution < 1.29 is 0 Å². The molecule has 1 aromatic rings. The minimum atomic E-state index is 0.579. The van der Waals surface area contributed by atoms with Crippen molar-refractivity contribution in [1.82, 2.24) is 14.7 Å². The Hall–Kier alpha value is -0.350. The van der Waals surface area contributed by atoms with E-state index < -0.39 is 0 Å². The maximum Gasteiger partial charge on any atom is 0.0764 e. The van der Waals surface area contributed by atoms with Gasteiger partial charge in [0.05, 0.1) is 11.7 Å². The van der Waals surface area contributed by atoms with Gasteiger partial charge in [-0.2, -0.15) is 5.10 Å². The quantitative estimate of drug-likeness (QED) is 0.706. The van der Waals surface area contributed by atoms with Gasteiger partial charge in [0, 0.05) is 24.1 Å². The van der Waals surface area contributed by atoms with Gasteiger partial charge in [0.1, 0.15) is 0 Å². The van der Waals surface area contributed by atoms with Crippen LogP contribution in [0, 0.1) is 0 Å². The van der Waals surface area contributed by atoms with Crippen LogP contribution in [0.25, 0.3) is 0 Å². The molecule has 0 aromatic carbocycles. The molecule has 0 unspecified atom stereocenters. The molecule has 0 aliphatic heterocycles. The molecule has 4 heteroatoms. The van der Waals surface area contributed by atoms with E-state index in [1.165, 1.54) is 37.8 Å². The average Bonchev–Trinajstić information content (AvgIpc) is 3.04. The van der Waals surface area contributed by atoms with Crippen molar-refractivity contribution in [2.75, 3.05) is 11.9 Å². The van der Waals surface area contributed by atoms with E-state index in [-0.39, 0.29) is 0 Å². The highest BCUT2D eigenvalue weighted by atomic mass is 79.9. The first-order chi connectivity index (χ1) is 9.20. The summed E-state index contributed by atoms with van der Waals surface area (Å²) in [6.07, 6.45) is 8.71. The lowest BCUT2D eigenvalue weighted by molar-refractivity contribution is 0.210. The Labute approximate surface area is 125 Å². The molecule has 1 fully saturated rings. The topological polar surface area (TPSA) is 21.1 Å². The highest BCUT2D eigenvalue weighted by molar-refractivity contribution is 9.09. The summed E-state index contributed by atoms with van der Waals surface area (Å²) in [5.41, 5.74) is 1.22. The minimum absolute atomic E-state index is 0.579. The molecular weight excluding hydrogens is 302 g/mol. The molecule has 0 N–H and O–H groups in total. The number of halogens is 1. The van der Waals surface area contributed by atoms with Crippen molar-refractivity contribution in [1.29, 1.82) is 0 Å². The second-order valence-electron chi connectivity index (χ2n) is 5.83. The molecular formula is C15H26BrN3. The van der Waals surface area contributed by atoms with E-state index in [0.29, 0.717) is 12.1 Å². The van der Waals surface area contributed by atoms with Gasteiger partial charge in [0.15, 0.2) is 0 Å². The van der Waals surface area contributed by atoms with E-state index in [2.05, 4.69) is 51.6 Å². The second kappa shape index (κ2) is 7.44. The van der Waals surface area contributed by atoms with Gasteiger partial charge in [-0.3, -0.25) is 9.58 Å². The Morgan fingerprint density at radius 1 is 1.42 bits per heavy atom. The second-order valence-corrected chi connectivity index (χ2v) is 6.63. The summed E-state index contributed by atoms with van der Waals surface area (Å²) in [7, 11) is 0. The van der Waals surface area contributed by atoms with Crippen LogP contribution >= 0.6 is 15.9 Å². The van der Waals surface area contributed by atoms with Crippen molar-refractivity contribution in [3.8, 4) is 0 Å².